The molecule has 0 heterocycles. The predicted octanol–water partition coefficient (Wildman–Crippen LogP) is 4.34. The molecule has 2 aromatic carbocycles. The molecule has 0 fully saturated rings. The summed E-state index contributed by atoms with van der Waals surface area (Å²) in [6.07, 6.45) is -4.41. The van der Waals surface area contributed by atoms with E-state index in [0.29, 0.717) is 17.7 Å². The Balaban J connectivity index is 2.13. The van der Waals surface area contributed by atoms with Crippen LogP contribution in [-0.2, 0) is 17.5 Å². The molecule has 2 rings (SSSR count). The van der Waals surface area contributed by atoms with Gasteiger partial charge in [0.1, 0.15) is 0 Å². The third-order valence-electron chi connectivity index (χ3n) is 3.56. The van der Waals surface area contributed by atoms with Crippen LogP contribution in [0.4, 0.5) is 13.2 Å². The summed E-state index contributed by atoms with van der Waals surface area (Å²) in [5, 5.41) is 2.71. The molecule has 0 aliphatic rings. The van der Waals surface area contributed by atoms with Crippen molar-refractivity contribution in [1.29, 1.82) is 0 Å². The van der Waals surface area contributed by atoms with Crippen LogP contribution in [0.3, 0.4) is 0 Å². The lowest BCUT2D eigenvalue weighted by Gasteiger charge is -2.16. The first-order valence-corrected chi connectivity index (χ1v) is 7.37. The second-order valence-electron chi connectivity index (χ2n) is 5.45. The molecule has 1 atom stereocenters. The lowest BCUT2D eigenvalue weighted by atomic mass is 10.0. The molecule has 0 bridgehead atoms. The Bertz CT molecular complexity index is 713. The highest BCUT2D eigenvalue weighted by Crippen LogP contribution is 2.30. The summed E-state index contributed by atoms with van der Waals surface area (Å²) in [6.45, 7) is 2.02. The quantitative estimate of drug-likeness (QED) is 0.881. The van der Waals surface area contributed by atoms with Gasteiger partial charge >= 0.3 is 6.18 Å². The Kier molecular flexibility index (Phi) is 5.62. The van der Waals surface area contributed by atoms with Crippen molar-refractivity contribution in [3.8, 4) is 0 Å². The minimum Gasteiger partial charge on any atom is -0.380 e. The zero-order valence-corrected chi connectivity index (χ0v) is 13.4. The maximum absolute atomic E-state index is 12.8. The van der Waals surface area contributed by atoms with Gasteiger partial charge in [-0.25, -0.2) is 0 Å². The number of alkyl halides is 3. The highest BCUT2D eigenvalue weighted by Gasteiger charge is 2.30. The van der Waals surface area contributed by atoms with Gasteiger partial charge in [-0.1, -0.05) is 24.3 Å². The van der Waals surface area contributed by atoms with E-state index in [2.05, 4.69) is 5.32 Å². The van der Waals surface area contributed by atoms with Gasteiger partial charge in [0.25, 0.3) is 5.91 Å². The van der Waals surface area contributed by atoms with Crippen molar-refractivity contribution in [3.05, 3.63) is 70.8 Å². The minimum atomic E-state index is -4.41. The number of carbonyl (C=O) groups excluding carboxylic acids is 1. The van der Waals surface area contributed by atoms with E-state index in [1.54, 1.807) is 38.3 Å². The molecule has 2 aromatic rings. The molecular formula is C18H18F3NO2. The number of carbonyl (C=O) groups is 1. The van der Waals surface area contributed by atoms with Gasteiger partial charge in [0.2, 0.25) is 0 Å². The molecule has 128 valence electrons. The standard InChI is InChI=1S/C18H18F3NO2/c1-12(14-6-4-8-16(10-14)18(19,20)21)22-17(23)15-7-3-5-13(9-15)11-24-2/h3-10,12H,11H2,1-2H3,(H,22,23). The Hall–Kier alpha value is -2.34. The van der Waals surface area contributed by atoms with Crippen LogP contribution in [0.25, 0.3) is 0 Å². The molecule has 0 aliphatic heterocycles. The average Bonchev–Trinajstić information content (AvgIpc) is 2.54. The molecule has 0 aromatic heterocycles. The summed E-state index contributed by atoms with van der Waals surface area (Å²) in [4.78, 5) is 12.3. The van der Waals surface area contributed by atoms with Gasteiger partial charge in [-0.15, -0.1) is 0 Å². The fourth-order valence-electron chi connectivity index (χ4n) is 2.32. The average molecular weight is 337 g/mol. The molecule has 0 spiro atoms. The first-order chi connectivity index (χ1) is 11.3. The van der Waals surface area contributed by atoms with E-state index in [1.807, 2.05) is 6.07 Å². The second kappa shape index (κ2) is 7.49. The summed E-state index contributed by atoms with van der Waals surface area (Å²) in [5.74, 6) is -0.349. The van der Waals surface area contributed by atoms with Crippen molar-refractivity contribution < 1.29 is 22.7 Å². The Labute approximate surface area is 138 Å². The van der Waals surface area contributed by atoms with Crippen LogP contribution in [0.1, 0.15) is 40.0 Å². The van der Waals surface area contributed by atoms with Crippen LogP contribution >= 0.6 is 0 Å². The van der Waals surface area contributed by atoms with Crippen LogP contribution in [0, 0.1) is 0 Å². The molecular weight excluding hydrogens is 319 g/mol. The van der Waals surface area contributed by atoms with Crippen molar-refractivity contribution in [1.82, 2.24) is 5.32 Å². The second-order valence-corrected chi connectivity index (χ2v) is 5.45. The summed E-state index contributed by atoms with van der Waals surface area (Å²) < 4.78 is 43.3. The van der Waals surface area contributed by atoms with E-state index in [-0.39, 0.29) is 5.91 Å². The molecule has 0 aliphatic carbocycles. The van der Waals surface area contributed by atoms with E-state index in [9.17, 15) is 18.0 Å². The maximum Gasteiger partial charge on any atom is 0.416 e. The molecule has 1 N–H and O–H groups in total. The number of benzene rings is 2. The third-order valence-corrected chi connectivity index (χ3v) is 3.56. The van der Waals surface area contributed by atoms with Crippen LogP contribution in [0.5, 0.6) is 0 Å². The predicted molar refractivity (Wildman–Crippen MR) is 84.5 cm³/mol. The van der Waals surface area contributed by atoms with Gasteiger partial charge in [0.05, 0.1) is 18.2 Å². The van der Waals surface area contributed by atoms with Crippen molar-refractivity contribution in [2.24, 2.45) is 0 Å². The Morgan fingerprint density at radius 3 is 2.54 bits per heavy atom. The SMILES string of the molecule is COCc1cccc(C(=O)NC(C)c2cccc(C(F)(F)F)c2)c1. The van der Waals surface area contributed by atoms with Gasteiger partial charge in [-0.05, 0) is 42.3 Å². The fourth-order valence-corrected chi connectivity index (χ4v) is 2.32. The van der Waals surface area contributed by atoms with Crippen molar-refractivity contribution >= 4 is 5.91 Å². The maximum atomic E-state index is 12.8. The topological polar surface area (TPSA) is 38.3 Å². The Morgan fingerprint density at radius 1 is 1.17 bits per heavy atom. The number of amides is 1. The van der Waals surface area contributed by atoms with Gasteiger partial charge in [0, 0.05) is 12.7 Å². The fraction of sp³-hybridized carbons (Fsp3) is 0.278. The summed E-state index contributed by atoms with van der Waals surface area (Å²) >= 11 is 0. The zero-order valence-electron chi connectivity index (χ0n) is 13.4. The van der Waals surface area contributed by atoms with E-state index in [1.165, 1.54) is 6.07 Å². The monoisotopic (exact) mass is 337 g/mol. The van der Waals surface area contributed by atoms with Crippen LogP contribution in [-0.4, -0.2) is 13.0 Å². The number of hydrogen-bond acceptors (Lipinski definition) is 2. The zero-order chi connectivity index (χ0) is 17.7. The van der Waals surface area contributed by atoms with Crippen molar-refractivity contribution in [2.75, 3.05) is 7.11 Å². The highest BCUT2D eigenvalue weighted by atomic mass is 19.4. The number of rotatable bonds is 5. The molecule has 1 amide bonds. The number of nitrogens with one attached hydrogen (secondary N) is 1. The molecule has 0 radical (unpaired) electrons. The molecule has 0 saturated carbocycles. The smallest absolute Gasteiger partial charge is 0.380 e. The van der Waals surface area contributed by atoms with E-state index in [4.69, 9.17) is 4.74 Å². The third kappa shape index (κ3) is 4.58. The van der Waals surface area contributed by atoms with Gasteiger partial charge in [-0.3, -0.25) is 4.79 Å². The van der Waals surface area contributed by atoms with Gasteiger partial charge in [-0.2, -0.15) is 13.2 Å². The van der Waals surface area contributed by atoms with E-state index >= 15 is 0 Å². The molecule has 1 unspecified atom stereocenters. The molecule has 0 saturated heterocycles. The minimum absolute atomic E-state index is 0.349. The Morgan fingerprint density at radius 2 is 1.88 bits per heavy atom. The highest BCUT2D eigenvalue weighted by molar-refractivity contribution is 5.94. The number of halogens is 3. The lowest BCUT2D eigenvalue weighted by Crippen LogP contribution is -2.27. The number of methoxy groups -OCH3 is 1. The van der Waals surface area contributed by atoms with Gasteiger partial charge in [0.15, 0.2) is 0 Å². The molecule has 6 heteroatoms. The normalized spacial score (nSPS) is 12.7. The van der Waals surface area contributed by atoms with Crippen molar-refractivity contribution in [3.63, 3.8) is 0 Å². The van der Waals surface area contributed by atoms with Crippen molar-refractivity contribution in [2.45, 2.75) is 25.7 Å². The summed E-state index contributed by atoms with van der Waals surface area (Å²) in [5.41, 5.74) is 0.939. The van der Waals surface area contributed by atoms with E-state index < -0.39 is 17.8 Å². The van der Waals surface area contributed by atoms with Gasteiger partial charge < -0.3 is 10.1 Å². The first-order valence-electron chi connectivity index (χ1n) is 7.37. The lowest BCUT2D eigenvalue weighted by molar-refractivity contribution is -0.137. The molecule has 3 nitrogen and oxygen atoms in total. The van der Waals surface area contributed by atoms with Crippen LogP contribution in [0.15, 0.2) is 48.5 Å². The number of ether oxygens (including phenoxy) is 1. The van der Waals surface area contributed by atoms with Crippen LogP contribution in [0.2, 0.25) is 0 Å². The summed E-state index contributed by atoms with van der Waals surface area (Å²) in [7, 11) is 1.56. The van der Waals surface area contributed by atoms with E-state index in [0.717, 1.165) is 17.7 Å². The summed E-state index contributed by atoms with van der Waals surface area (Å²) in [6, 6.07) is 11.3. The number of hydrogen-bond donors (Lipinski definition) is 1. The van der Waals surface area contributed by atoms with Crippen LogP contribution < -0.4 is 5.32 Å². The molecule has 24 heavy (non-hydrogen) atoms. The first kappa shape index (κ1) is 18.0. The largest absolute Gasteiger partial charge is 0.416 e.